The maximum Gasteiger partial charge on any atom is 0.329 e. The molecule has 0 fully saturated rings. The molecule has 0 amide bonds. The molecule has 2 heterocycles. The van der Waals surface area contributed by atoms with Crippen molar-refractivity contribution in [1.29, 1.82) is 0 Å². The highest BCUT2D eigenvalue weighted by atomic mass is 79.9. The number of tetrazole rings is 1. The molecule has 2 aromatic rings. The van der Waals surface area contributed by atoms with Crippen molar-refractivity contribution in [2.45, 2.75) is 13.5 Å². The van der Waals surface area contributed by atoms with Crippen LogP contribution in [0.4, 0.5) is 0 Å². The maximum atomic E-state index is 11.2. The summed E-state index contributed by atoms with van der Waals surface area (Å²) in [6.45, 7) is 2.02. The first-order chi connectivity index (χ1) is 8.69. The highest BCUT2D eigenvalue weighted by Gasteiger charge is 2.10. The smallest absolute Gasteiger partial charge is 0.329 e. The van der Waals surface area contributed by atoms with Crippen LogP contribution < -0.4 is 0 Å². The molecule has 0 bridgehead atoms. The van der Waals surface area contributed by atoms with Crippen molar-refractivity contribution in [1.82, 2.24) is 25.2 Å². The van der Waals surface area contributed by atoms with E-state index < -0.39 is 5.97 Å². The summed E-state index contributed by atoms with van der Waals surface area (Å²) in [6.07, 6.45) is 3.28. The summed E-state index contributed by atoms with van der Waals surface area (Å²) in [4.78, 5) is 16.4. The molecule has 18 heavy (non-hydrogen) atoms. The summed E-state index contributed by atoms with van der Waals surface area (Å²) in [5.74, 6) is 0.0157. The summed E-state index contributed by atoms with van der Waals surface area (Å²) in [5.41, 5.74) is 0.722. The average Bonchev–Trinajstić information content (AvgIpc) is 2.78. The van der Waals surface area contributed by atoms with Gasteiger partial charge in [-0.3, -0.25) is 4.98 Å². The molecular formula is C10H10BrN5O2. The first-order valence-electron chi connectivity index (χ1n) is 5.23. The van der Waals surface area contributed by atoms with Gasteiger partial charge in [-0.05, 0) is 34.1 Å². The lowest BCUT2D eigenvalue weighted by Gasteiger charge is -1.99. The lowest BCUT2D eigenvalue weighted by atomic mass is 10.3. The van der Waals surface area contributed by atoms with Gasteiger partial charge in [-0.25, -0.2) is 4.79 Å². The Hall–Kier alpha value is -1.83. The summed E-state index contributed by atoms with van der Waals surface area (Å²) < 4.78 is 5.61. The Morgan fingerprint density at radius 3 is 3.06 bits per heavy atom. The summed E-state index contributed by atoms with van der Waals surface area (Å²) in [7, 11) is 0. The Morgan fingerprint density at radius 1 is 1.50 bits per heavy atom. The SMILES string of the molecule is CCOC(=O)Cn1nnc(-c2cncc(Br)c2)n1. The van der Waals surface area contributed by atoms with Gasteiger partial charge in [-0.2, -0.15) is 4.80 Å². The molecule has 7 nitrogen and oxygen atoms in total. The van der Waals surface area contributed by atoms with Crippen molar-refractivity contribution < 1.29 is 9.53 Å². The van der Waals surface area contributed by atoms with E-state index in [4.69, 9.17) is 4.74 Å². The quantitative estimate of drug-likeness (QED) is 0.785. The fourth-order valence-corrected chi connectivity index (χ4v) is 1.65. The van der Waals surface area contributed by atoms with Crippen molar-refractivity contribution in [3.8, 4) is 11.4 Å². The largest absolute Gasteiger partial charge is 0.465 e. The number of aromatic nitrogens is 5. The maximum absolute atomic E-state index is 11.2. The van der Waals surface area contributed by atoms with Crippen LogP contribution >= 0.6 is 15.9 Å². The average molecular weight is 312 g/mol. The van der Waals surface area contributed by atoms with Gasteiger partial charge in [0.25, 0.3) is 0 Å². The molecule has 0 aromatic carbocycles. The van der Waals surface area contributed by atoms with Crippen LogP contribution in [0.3, 0.4) is 0 Å². The number of carbonyl (C=O) groups is 1. The van der Waals surface area contributed by atoms with Crippen molar-refractivity contribution >= 4 is 21.9 Å². The van der Waals surface area contributed by atoms with Gasteiger partial charge >= 0.3 is 5.97 Å². The van der Waals surface area contributed by atoms with Gasteiger partial charge in [-0.15, -0.1) is 10.2 Å². The number of hydrogen-bond acceptors (Lipinski definition) is 6. The van der Waals surface area contributed by atoms with Crippen LogP contribution in [0, 0.1) is 0 Å². The van der Waals surface area contributed by atoms with Gasteiger partial charge in [0.2, 0.25) is 5.82 Å². The second-order valence-electron chi connectivity index (χ2n) is 3.34. The zero-order valence-electron chi connectivity index (χ0n) is 9.58. The molecule has 2 rings (SSSR count). The predicted octanol–water partition coefficient (Wildman–Crippen LogP) is 1.06. The van der Waals surface area contributed by atoms with Gasteiger partial charge in [0.15, 0.2) is 6.54 Å². The van der Waals surface area contributed by atoms with Crippen LogP contribution in [0.25, 0.3) is 11.4 Å². The number of halogens is 1. The number of carbonyl (C=O) groups excluding carboxylic acids is 1. The van der Waals surface area contributed by atoms with Crippen molar-refractivity contribution in [3.05, 3.63) is 22.9 Å². The summed E-state index contributed by atoms with van der Waals surface area (Å²) >= 11 is 3.31. The highest BCUT2D eigenvalue weighted by molar-refractivity contribution is 9.10. The van der Waals surface area contributed by atoms with E-state index in [1.165, 1.54) is 4.80 Å². The summed E-state index contributed by atoms with van der Waals surface area (Å²) in [6, 6.07) is 1.82. The van der Waals surface area contributed by atoms with E-state index in [0.717, 1.165) is 10.0 Å². The minimum Gasteiger partial charge on any atom is -0.465 e. The lowest BCUT2D eigenvalue weighted by Crippen LogP contribution is -2.15. The van der Waals surface area contributed by atoms with Gasteiger partial charge in [0.1, 0.15) is 0 Å². The van der Waals surface area contributed by atoms with Crippen LogP contribution in [0.15, 0.2) is 22.9 Å². The molecule has 94 valence electrons. The topological polar surface area (TPSA) is 82.8 Å². The molecule has 0 spiro atoms. The monoisotopic (exact) mass is 311 g/mol. The number of ether oxygens (including phenoxy) is 1. The molecule has 0 saturated carbocycles. The van der Waals surface area contributed by atoms with Gasteiger partial charge in [0.05, 0.1) is 6.61 Å². The Labute approximate surface area is 111 Å². The molecule has 0 radical (unpaired) electrons. The zero-order valence-corrected chi connectivity index (χ0v) is 11.2. The van der Waals surface area contributed by atoms with Crippen molar-refractivity contribution in [2.75, 3.05) is 6.61 Å². The van der Waals surface area contributed by atoms with E-state index in [0.29, 0.717) is 12.4 Å². The molecular weight excluding hydrogens is 302 g/mol. The van der Waals surface area contributed by atoms with Crippen LogP contribution in [0.5, 0.6) is 0 Å². The van der Waals surface area contributed by atoms with E-state index in [9.17, 15) is 4.79 Å². The first-order valence-corrected chi connectivity index (χ1v) is 6.02. The molecule has 8 heteroatoms. The van der Waals surface area contributed by atoms with Gasteiger partial charge in [-0.1, -0.05) is 0 Å². The van der Waals surface area contributed by atoms with Gasteiger partial charge < -0.3 is 4.74 Å². The Bertz CT molecular complexity index is 557. The van der Waals surface area contributed by atoms with E-state index in [2.05, 4.69) is 36.3 Å². The fourth-order valence-electron chi connectivity index (χ4n) is 1.28. The van der Waals surface area contributed by atoms with E-state index in [1.54, 1.807) is 19.3 Å². The molecule has 0 unspecified atom stereocenters. The summed E-state index contributed by atoms with van der Waals surface area (Å²) in [5, 5.41) is 11.7. The normalized spacial score (nSPS) is 10.3. The number of nitrogens with zero attached hydrogens (tertiary/aromatic N) is 5. The third kappa shape index (κ3) is 3.10. The first kappa shape index (κ1) is 12.6. The molecule has 2 aromatic heterocycles. The molecule has 0 aliphatic rings. The van der Waals surface area contributed by atoms with E-state index >= 15 is 0 Å². The molecule has 0 N–H and O–H groups in total. The molecule has 0 aliphatic carbocycles. The number of pyridine rings is 1. The number of rotatable bonds is 4. The van der Waals surface area contributed by atoms with E-state index in [-0.39, 0.29) is 6.54 Å². The highest BCUT2D eigenvalue weighted by Crippen LogP contribution is 2.17. The van der Waals surface area contributed by atoms with Gasteiger partial charge in [0, 0.05) is 22.4 Å². The minimum atomic E-state index is -0.395. The molecule has 0 atom stereocenters. The molecule has 0 aliphatic heterocycles. The lowest BCUT2D eigenvalue weighted by molar-refractivity contribution is -0.144. The van der Waals surface area contributed by atoms with Crippen LogP contribution in [-0.4, -0.2) is 37.8 Å². The van der Waals surface area contributed by atoms with Crippen molar-refractivity contribution in [3.63, 3.8) is 0 Å². The van der Waals surface area contributed by atoms with E-state index in [1.807, 2.05) is 6.07 Å². The third-order valence-electron chi connectivity index (χ3n) is 1.99. The number of esters is 1. The minimum absolute atomic E-state index is 0.0533. The Balaban J connectivity index is 2.13. The van der Waals surface area contributed by atoms with Crippen LogP contribution in [0.1, 0.15) is 6.92 Å². The Kier molecular flexibility index (Phi) is 3.98. The third-order valence-corrected chi connectivity index (χ3v) is 2.43. The molecule has 0 saturated heterocycles. The Morgan fingerprint density at radius 2 is 2.33 bits per heavy atom. The van der Waals surface area contributed by atoms with Crippen molar-refractivity contribution in [2.24, 2.45) is 0 Å². The predicted molar refractivity (Wildman–Crippen MR) is 65.4 cm³/mol. The van der Waals surface area contributed by atoms with Crippen LogP contribution in [0.2, 0.25) is 0 Å². The fraction of sp³-hybridized carbons (Fsp3) is 0.300. The second kappa shape index (κ2) is 5.67. The second-order valence-corrected chi connectivity index (χ2v) is 4.26. The number of hydrogen-bond donors (Lipinski definition) is 0. The van der Waals surface area contributed by atoms with Crippen LogP contribution in [-0.2, 0) is 16.1 Å². The zero-order chi connectivity index (χ0) is 13.0. The standard InChI is InChI=1S/C10H10BrN5O2/c1-2-18-9(17)6-16-14-10(13-15-16)7-3-8(11)5-12-4-7/h3-5H,2,6H2,1H3.